The fraction of sp³-hybridized carbons (Fsp3) is 0.267. The van der Waals surface area contributed by atoms with E-state index in [1.54, 1.807) is 0 Å². The van der Waals surface area contributed by atoms with Crippen molar-refractivity contribution in [2.75, 3.05) is 0 Å². The lowest BCUT2D eigenvalue weighted by molar-refractivity contribution is -0.688. The monoisotopic (exact) mass is 228 g/mol. The third-order valence-corrected chi connectivity index (χ3v) is 2.44. The standard InChI is InChI=1S/C15H18NO/c1-13(2)17-15-8-6-14(7-9-15)12-16-10-4-3-5-11-16/h3-11,13H,12H2,1-2H3/q+1. The summed E-state index contributed by atoms with van der Waals surface area (Å²) in [7, 11) is 0. The van der Waals surface area contributed by atoms with E-state index in [4.69, 9.17) is 4.74 Å². The maximum absolute atomic E-state index is 5.61. The van der Waals surface area contributed by atoms with Crippen LogP contribution < -0.4 is 9.30 Å². The zero-order valence-electron chi connectivity index (χ0n) is 10.3. The Morgan fingerprint density at radius 2 is 1.65 bits per heavy atom. The van der Waals surface area contributed by atoms with Crippen LogP contribution in [0.25, 0.3) is 0 Å². The van der Waals surface area contributed by atoms with Crippen LogP contribution in [-0.2, 0) is 6.54 Å². The van der Waals surface area contributed by atoms with Crippen molar-refractivity contribution in [2.45, 2.75) is 26.5 Å². The number of ether oxygens (including phenoxy) is 1. The zero-order chi connectivity index (χ0) is 12.1. The molecule has 0 atom stereocenters. The predicted molar refractivity (Wildman–Crippen MR) is 67.9 cm³/mol. The van der Waals surface area contributed by atoms with Crippen molar-refractivity contribution in [3.8, 4) is 5.75 Å². The third-order valence-electron chi connectivity index (χ3n) is 2.44. The first-order chi connectivity index (χ1) is 8.24. The molecule has 0 saturated heterocycles. The summed E-state index contributed by atoms with van der Waals surface area (Å²) in [5.74, 6) is 0.932. The number of hydrogen-bond donors (Lipinski definition) is 0. The van der Waals surface area contributed by atoms with Crippen LogP contribution >= 0.6 is 0 Å². The first-order valence-electron chi connectivity index (χ1n) is 5.94. The van der Waals surface area contributed by atoms with E-state index in [2.05, 4.69) is 29.1 Å². The largest absolute Gasteiger partial charge is 0.491 e. The average molecular weight is 228 g/mol. The normalized spacial score (nSPS) is 10.5. The summed E-state index contributed by atoms with van der Waals surface area (Å²) in [5.41, 5.74) is 1.28. The molecule has 0 aliphatic carbocycles. The maximum Gasteiger partial charge on any atom is 0.173 e. The molecule has 0 fully saturated rings. The lowest BCUT2D eigenvalue weighted by Gasteiger charge is -2.09. The molecule has 0 amide bonds. The van der Waals surface area contributed by atoms with Crippen LogP contribution in [0, 0.1) is 0 Å². The van der Waals surface area contributed by atoms with Gasteiger partial charge in [0.1, 0.15) is 5.75 Å². The summed E-state index contributed by atoms with van der Waals surface area (Å²) in [6, 6.07) is 14.4. The minimum Gasteiger partial charge on any atom is -0.491 e. The molecule has 0 radical (unpaired) electrons. The van der Waals surface area contributed by atoms with Gasteiger partial charge in [-0.1, -0.05) is 6.07 Å². The SMILES string of the molecule is CC(C)Oc1ccc(C[n+]2ccccc2)cc1. The van der Waals surface area contributed by atoms with Crippen LogP contribution in [0.2, 0.25) is 0 Å². The molecular formula is C15H18NO+. The van der Waals surface area contributed by atoms with E-state index >= 15 is 0 Å². The highest BCUT2D eigenvalue weighted by molar-refractivity contribution is 5.26. The van der Waals surface area contributed by atoms with Gasteiger partial charge in [0.05, 0.1) is 6.10 Å². The van der Waals surface area contributed by atoms with Crippen LogP contribution in [0.1, 0.15) is 19.4 Å². The molecule has 1 aromatic heterocycles. The summed E-state index contributed by atoms with van der Waals surface area (Å²) in [4.78, 5) is 0. The summed E-state index contributed by atoms with van der Waals surface area (Å²) < 4.78 is 7.76. The topological polar surface area (TPSA) is 13.1 Å². The minimum absolute atomic E-state index is 0.226. The summed E-state index contributed by atoms with van der Waals surface area (Å²) >= 11 is 0. The average Bonchev–Trinajstić information content (AvgIpc) is 2.32. The fourth-order valence-electron chi connectivity index (χ4n) is 1.70. The van der Waals surface area contributed by atoms with Crippen molar-refractivity contribution in [2.24, 2.45) is 0 Å². The smallest absolute Gasteiger partial charge is 0.173 e. The molecule has 0 aliphatic rings. The fourth-order valence-corrected chi connectivity index (χ4v) is 1.70. The van der Waals surface area contributed by atoms with Gasteiger partial charge < -0.3 is 4.74 Å². The molecule has 17 heavy (non-hydrogen) atoms. The van der Waals surface area contributed by atoms with Crippen molar-refractivity contribution in [3.63, 3.8) is 0 Å². The van der Waals surface area contributed by atoms with Crippen molar-refractivity contribution in [3.05, 3.63) is 60.4 Å². The quantitative estimate of drug-likeness (QED) is 0.733. The maximum atomic E-state index is 5.61. The molecule has 1 heterocycles. The molecule has 0 aliphatic heterocycles. The minimum atomic E-state index is 0.226. The molecule has 1 aromatic carbocycles. The van der Waals surface area contributed by atoms with Gasteiger partial charge in [0.2, 0.25) is 0 Å². The molecule has 88 valence electrons. The Kier molecular flexibility index (Phi) is 3.76. The molecule has 2 heteroatoms. The van der Waals surface area contributed by atoms with Gasteiger partial charge in [0.15, 0.2) is 18.9 Å². The van der Waals surface area contributed by atoms with Gasteiger partial charge in [-0.3, -0.25) is 0 Å². The Morgan fingerprint density at radius 3 is 2.24 bits per heavy atom. The lowest BCUT2D eigenvalue weighted by atomic mass is 10.2. The van der Waals surface area contributed by atoms with Gasteiger partial charge in [0, 0.05) is 17.7 Å². The highest BCUT2D eigenvalue weighted by Crippen LogP contribution is 2.13. The van der Waals surface area contributed by atoms with Gasteiger partial charge >= 0.3 is 0 Å². The number of aromatic nitrogens is 1. The number of benzene rings is 1. The van der Waals surface area contributed by atoms with Gasteiger partial charge in [-0.15, -0.1) is 0 Å². The first-order valence-corrected chi connectivity index (χ1v) is 5.94. The number of rotatable bonds is 4. The second kappa shape index (κ2) is 5.48. The lowest BCUT2D eigenvalue weighted by Crippen LogP contribution is -2.32. The highest BCUT2D eigenvalue weighted by Gasteiger charge is 2.02. The van der Waals surface area contributed by atoms with Crippen molar-refractivity contribution < 1.29 is 9.30 Å². The molecule has 0 spiro atoms. The van der Waals surface area contributed by atoms with Crippen molar-refractivity contribution >= 4 is 0 Å². The van der Waals surface area contributed by atoms with E-state index in [9.17, 15) is 0 Å². The second-order valence-electron chi connectivity index (χ2n) is 4.36. The number of pyridine rings is 1. The van der Waals surface area contributed by atoms with Crippen LogP contribution in [0.5, 0.6) is 5.75 Å². The first kappa shape index (κ1) is 11.6. The Balaban J connectivity index is 2.03. The Morgan fingerprint density at radius 1 is 1.00 bits per heavy atom. The van der Waals surface area contributed by atoms with E-state index in [0.29, 0.717) is 0 Å². The van der Waals surface area contributed by atoms with Crippen LogP contribution in [0.3, 0.4) is 0 Å². The van der Waals surface area contributed by atoms with Crippen LogP contribution in [-0.4, -0.2) is 6.10 Å². The van der Waals surface area contributed by atoms with E-state index in [-0.39, 0.29) is 6.10 Å². The molecular weight excluding hydrogens is 210 g/mol. The Bertz CT molecular complexity index is 448. The van der Waals surface area contributed by atoms with E-state index in [1.807, 2.05) is 44.2 Å². The third kappa shape index (κ3) is 3.59. The van der Waals surface area contributed by atoms with Crippen molar-refractivity contribution in [1.82, 2.24) is 0 Å². The summed E-state index contributed by atoms with van der Waals surface area (Å²) in [6.07, 6.45) is 4.36. The molecule has 2 rings (SSSR count). The van der Waals surface area contributed by atoms with E-state index < -0.39 is 0 Å². The second-order valence-corrected chi connectivity index (χ2v) is 4.36. The van der Waals surface area contributed by atoms with Crippen molar-refractivity contribution in [1.29, 1.82) is 0 Å². The summed E-state index contributed by atoms with van der Waals surface area (Å²) in [5, 5.41) is 0. The molecule has 0 unspecified atom stereocenters. The molecule has 0 bridgehead atoms. The molecule has 0 N–H and O–H groups in total. The Hall–Kier alpha value is -1.83. The van der Waals surface area contributed by atoms with Gasteiger partial charge in [0.25, 0.3) is 0 Å². The molecule has 2 nitrogen and oxygen atoms in total. The van der Waals surface area contributed by atoms with Gasteiger partial charge in [-0.25, -0.2) is 4.57 Å². The van der Waals surface area contributed by atoms with E-state index in [1.165, 1.54) is 5.56 Å². The van der Waals surface area contributed by atoms with E-state index in [0.717, 1.165) is 12.3 Å². The Labute approximate surface area is 102 Å². The van der Waals surface area contributed by atoms with Gasteiger partial charge in [-0.2, -0.15) is 0 Å². The number of hydrogen-bond acceptors (Lipinski definition) is 1. The molecule has 2 aromatic rings. The molecule has 0 saturated carbocycles. The summed E-state index contributed by atoms with van der Waals surface area (Å²) in [6.45, 7) is 4.96. The number of nitrogens with zero attached hydrogens (tertiary/aromatic N) is 1. The predicted octanol–water partition coefficient (Wildman–Crippen LogP) is 2.81. The zero-order valence-corrected chi connectivity index (χ0v) is 10.3. The van der Waals surface area contributed by atoms with Crippen LogP contribution in [0.15, 0.2) is 54.9 Å². The highest BCUT2D eigenvalue weighted by atomic mass is 16.5. The van der Waals surface area contributed by atoms with Crippen LogP contribution in [0.4, 0.5) is 0 Å². The van der Waals surface area contributed by atoms with Gasteiger partial charge in [-0.05, 0) is 38.1 Å².